The molecule has 1 heterocycles. The Kier molecular flexibility index (Phi) is 3.85. The third-order valence-corrected chi connectivity index (χ3v) is 4.35. The van der Waals surface area contributed by atoms with Gasteiger partial charge in [-0.1, -0.05) is 0 Å². The molecule has 3 N–H and O–H groups in total. The highest BCUT2D eigenvalue weighted by Crippen LogP contribution is 2.30. The molecule has 3 rings (SSSR count). The second-order valence-corrected chi connectivity index (χ2v) is 6.06. The molecule has 0 radical (unpaired) electrons. The first-order chi connectivity index (χ1) is 11.0. The smallest absolute Gasteiger partial charge is 0.335 e. The Bertz CT molecular complexity index is 961. The first-order valence-electron chi connectivity index (χ1n) is 6.52. The van der Waals surface area contributed by atoms with Crippen molar-refractivity contribution in [2.45, 2.75) is 4.90 Å². The third kappa shape index (κ3) is 2.94. The van der Waals surface area contributed by atoms with Crippen molar-refractivity contribution in [2.75, 3.05) is 6.54 Å². The van der Waals surface area contributed by atoms with Gasteiger partial charge in [0.25, 0.3) is 0 Å². The van der Waals surface area contributed by atoms with Crippen LogP contribution in [0.25, 0.3) is 21.9 Å². The Hall–Kier alpha value is -2.71. The highest BCUT2D eigenvalue weighted by atomic mass is 32.2. The first-order valence-corrected chi connectivity index (χ1v) is 7.67. The number of fused-ring (bicyclic) bond motifs is 3. The van der Waals surface area contributed by atoms with E-state index in [-0.39, 0.29) is 5.56 Å². The summed E-state index contributed by atoms with van der Waals surface area (Å²) >= 11 is 0. The second kappa shape index (κ2) is 5.82. The lowest BCUT2D eigenvalue weighted by atomic mass is 10.1. The molecule has 2 aromatic carbocycles. The molecule has 0 fully saturated rings. The molecule has 8 heteroatoms. The van der Waals surface area contributed by atoms with Crippen molar-refractivity contribution in [3.63, 3.8) is 0 Å². The van der Waals surface area contributed by atoms with Gasteiger partial charge in [-0.3, -0.25) is 4.79 Å². The van der Waals surface area contributed by atoms with Crippen LogP contribution in [0, 0.1) is 0 Å². The van der Waals surface area contributed by atoms with Crippen LogP contribution in [0.5, 0.6) is 0 Å². The third-order valence-electron chi connectivity index (χ3n) is 3.26. The molecular formula is C15H11NO6S. The molecule has 0 aliphatic rings. The molecular weight excluding hydrogens is 322 g/mol. The van der Waals surface area contributed by atoms with E-state index >= 15 is 0 Å². The summed E-state index contributed by atoms with van der Waals surface area (Å²) in [6.45, 7) is -0.424. The van der Waals surface area contributed by atoms with E-state index in [1.54, 1.807) is 24.3 Å². The van der Waals surface area contributed by atoms with Gasteiger partial charge in [0.2, 0.25) is 0 Å². The van der Waals surface area contributed by atoms with E-state index in [0.717, 1.165) is 0 Å². The van der Waals surface area contributed by atoms with Gasteiger partial charge in [0.1, 0.15) is 28.7 Å². The van der Waals surface area contributed by atoms with Crippen LogP contribution in [0.1, 0.15) is 10.4 Å². The lowest BCUT2D eigenvalue weighted by molar-refractivity contribution is -0.135. The molecule has 0 saturated carbocycles. The van der Waals surface area contributed by atoms with Crippen molar-refractivity contribution in [2.24, 2.45) is 0 Å². The number of rotatable bonds is 5. The minimum atomic E-state index is -1.68. The highest BCUT2D eigenvalue weighted by molar-refractivity contribution is 7.83. The van der Waals surface area contributed by atoms with Gasteiger partial charge in [0, 0.05) is 10.8 Å². The standard InChI is InChI=1S/C15H11NO6S/c17-14(18)7-16-23(21)9-2-3-10-11-5-8(15(19)20)1-4-12(11)22-13(10)6-9/h1-6,16H,7H2,(H,17,18)(H,19,20). The topological polar surface area (TPSA) is 117 Å². The van der Waals surface area contributed by atoms with E-state index in [2.05, 4.69) is 4.72 Å². The molecule has 0 aliphatic carbocycles. The van der Waals surface area contributed by atoms with Gasteiger partial charge >= 0.3 is 11.9 Å². The van der Waals surface area contributed by atoms with Crippen molar-refractivity contribution < 1.29 is 28.4 Å². The molecule has 0 amide bonds. The number of hydrogen-bond donors (Lipinski definition) is 3. The van der Waals surface area contributed by atoms with E-state index in [1.165, 1.54) is 12.1 Å². The van der Waals surface area contributed by atoms with E-state index in [4.69, 9.17) is 14.6 Å². The minimum absolute atomic E-state index is 0.149. The van der Waals surface area contributed by atoms with Crippen LogP contribution in [-0.2, 0) is 15.8 Å². The van der Waals surface area contributed by atoms with Crippen molar-refractivity contribution in [3.8, 4) is 0 Å². The van der Waals surface area contributed by atoms with Gasteiger partial charge in [-0.15, -0.1) is 0 Å². The Morgan fingerprint density at radius 2 is 1.83 bits per heavy atom. The quantitative estimate of drug-likeness (QED) is 0.657. The number of nitrogens with one attached hydrogen (secondary N) is 1. The molecule has 0 aliphatic heterocycles. The van der Waals surface area contributed by atoms with Crippen LogP contribution < -0.4 is 4.72 Å². The van der Waals surface area contributed by atoms with Crippen molar-refractivity contribution in [1.29, 1.82) is 0 Å². The van der Waals surface area contributed by atoms with E-state index in [0.29, 0.717) is 26.8 Å². The van der Waals surface area contributed by atoms with E-state index in [9.17, 15) is 13.8 Å². The molecule has 1 unspecified atom stereocenters. The van der Waals surface area contributed by atoms with Crippen LogP contribution in [0.2, 0.25) is 0 Å². The van der Waals surface area contributed by atoms with E-state index in [1.807, 2.05) is 0 Å². The number of benzene rings is 2. The van der Waals surface area contributed by atoms with Crippen LogP contribution in [0.4, 0.5) is 0 Å². The van der Waals surface area contributed by atoms with Gasteiger partial charge in [-0.25, -0.2) is 13.7 Å². The normalized spacial score (nSPS) is 12.5. The summed E-state index contributed by atoms with van der Waals surface area (Å²) < 4.78 is 20.0. The molecule has 0 spiro atoms. The largest absolute Gasteiger partial charge is 0.480 e. The predicted molar refractivity (Wildman–Crippen MR) is 82.7 cm³/mol. The van der Waals surface area contributed by atoms with Crippen molar-refractivity contribution in [3.05, 3.63) is 42.0 Å². The molecule has 1 atom stereocenters. The molecule has 3 aromatic rings. The lowest BCUT2D eigenvalue weighted by Gasteiger charge is -2.01. The number of aromatic carboxylic acids is 1. The molecule has 0 bridgehead atoms. The summed E-state index contributed by atoms with van der Waals surface area (Å²) in [4.78, 5) is 21.9. The van der Waals surface area contributed by atoms with Gasteiger partial charge < -0.3 is 14.6 Å². The number of carboxylic acids is 2. The van der Waals surface area contributed by atoms with Crippen molar-refractivity contribution >= 4 is 44.9 Å². The SMILES string of the molecule is O=C(O)CNS(=O)c1ccc2c(c1)oc1ccc(C(=O)O)cc12. The van der Waals surface area contributed by atoms with E-state index < -0.39 is 29.5 Å². The number of hydrogen-bond acceptors (Lipinski definition) is 4. The maximum atomic E-state index is 12.0. The average Bonchev–Trinajstić information content (AvgIpc) is 2.89. The summed E-state index contributed by atoms with van der Waals surface area (Å²) in [7, 11) is -1.68. The first kappa shape index (κ1) is 15.2. The second-order valence-electron chi connectivity index (χ2n) is 4.76. The van der Waals surface area contributed by atoms with Crippen LogP contribution in [0.3, 0.4) is 0 Å². The fourth-order valence-electron chi connectivity index (χ4n) is 2.22. The zero-order chi connectivity index (χ0) is 16.6. The summed E-state index contributed by atoms with van der Waals surface area (Å²) in [6.07, 6.45) is 0. The maximum absolute atomic E-state index is 12.0. The zero-order valence-corrected chi connectivity index (χ0v) is 12.4. The number of carboxylic acid groups (broad SMARTS) is 2. The van der Waals surface area contributed by atoms with Gasteiger partial charge in [0.15, 0.2) is 0 Å². The van der Waals surface area contributed by atoms with Crippen LogP contribution in [-0.4, -0.2) is 32.9 Å². The maximum Gasteiger partial charge on any atom is 0.335 e. The Morgan fingerprint density at radius 3 is 2.52 bits per heavy atom. The average molecular weight is 333 g/mol. The zero-order valence-electron chi connectivity index (χ0n) is 11.6. The van der Waals surface area contributed by atoms with Crippen LogP contribution in [0.15, 0.2) is 45.7 Å². The number of furan rings is 1. The highest BCUT2D eigenvalue weighted by Gasteiger charge is 2.13. The Morgan fingerprint density at radius 1 is 1.04 bits per heavy atom. The van der Waals surface area contributed by atoms with Gasteiger partial charge in [-0.05, 0) is 36.4 Å². The minimum Gasteiger partial charge on any atom is -0.480 e. The van der Waals surface area contributed by atoms with Gasteiger partial charge in [-0.2, -0.15) is 0 Å². The molecule has 23 heavy (non-hydrogen) atoms. The van der Waals surface area contributed by atoms with Crippen molar-refractivity contribution in [1.82, 2.24) is 4.72 Å². The molecule has 118 valence electrons. The molecule has 0 saturated heterocycles. The number of aliphatic carboxylic acids is 1. The predicted octanol–water partition coefficient (Wildman–Crippen LogP) is 1.98. The fraction of sp³-hybridized carbons (Fsp3) is 0.0667. The summed E-state index contributed by atoms with van der Waals surface area (Å²) in [5.41, 5.74) is 1.12. The monoisotopic (exact) mass is 333 g/mol. The molecule has 7 nitrogen and oxygen atoms in total. The fourth-order valence-corrected chi connectivity index (χ4v) is 3.04. The Labute approximate surface area is 132 Å². The number of carbonyl (C=O) groups is 2. The lowest BCUT2D eigenvalue weighted by Crippen LogP contribution is -2.24. The molecule has 1 aromatic heterocycles. The van der Waals surface area contributed by atoms with Crippen LogP contribution >= 0.6 is 0 Å². The summed E-state index contributed by atoms with van der Waals surface area (Å²) in [5.74, 6) is -2.14. The Balaban J connectivity index is 2.03. The van der Waals surface area contributed by atoms with Gasteiger partial charge in [0.05, 0.1) is 10.5 Å². The summed E-state index contributed by atoms with van der Waals surface area (Å²) in [5, 5.41) is 19.0. The summed E-state index contributed by atoms with van der Waals surface area (Å²) in [6, 6.07) is 9.32.